The number of hydrogen-bond donors (Lipinski definition) is 0. The van der Waals surface area contributed by atoms with E-state index in [0.717, 1.165) is 19.4 Å². The summed E-state index contributed by atoms with van der Waals surface area (Å²) in [5.74, 6) is -0.0847. The van der Waals surface area contributed by atoms with Gasteiger partial charge in [0.05, 0.1) is 7.11 Å². The molecule has 0 saturated carbocycles. The number of carbonyl (C=O) groups is 1. The van der Waals surface area contributed by atoms with Crippen molar-refractivity contribution in [3.8, 4) is 0 Å². The Hall–Kier alpha value is -0.353. The third kappa shape index (κ3) is 13.7. The molecule has 0 aliphatic carbocycles. The Balaban J connectivity index is 3.10. The summed E-state index contributed by atoms with van der Waals surface area (Å²) in [6.45, 7) is 7.62. The first-order chi connectivity index (χ1) is 8.45. The number of esters is 1. The van der Waals surface area contributed by atoms with E-state index in [1.165, 1.54) is 39.2 Å². The van der Waals surface area contributed by atoms with Gasteiger partial charge in [0.2, 0.25) is 0 Å². The molecule has 0 saturated heterocycles. The van der Waals surface area contributed by atoms with Gasteiger partial charge >= 0.3 is 5.97 Å². The van der Waals surface area contributed by atoms with E-state index in [2.05, 4.69) is 24.4 Å². The molecule has 4 heteroatoms. The van der Waals surface area contributed by atoms with Crippen molar-refractivity contribution in [1.29, 1.82) is 0 Å². The van der Waals surface area contributed by atoms with Crippen LogP contribution in [0.5, 0.6) is 0 Å². The van der Waals surface area contributed by atoms with E-state index in [1.807, 2.05) is 0 Å². The van der Waals surface area contributed by atoms with Crippen LogP contribution in [0, 0.1) is 0 Å². The maximum absolute atomic E-state index is 10.9. The molecule has 0 aromatic rings. The first-order valence-electron chi connectivity index (χ1n) is 7.16. The van der Waals surface area contributed by atoms with Crippen LogP contribution in [0.25, 0.3) is 0 Å². The van der Waals surface area contributed by atoms with Crippen LogP contribution in [0.3, 0.4) is 0 Å². The van der Waals surface area contributed by atoms with Gasteiger partial charge in [-0.15, -0.1) is 0 Å². The second-order valence-corrected chi connectivity index (χ2v) is 10.3. The van der Waals surface area contributed by atoms with E-state index in [0.29, 0.717) is 6.42 Å². The molecule has 0 bridgehead atoms. The Kier molecular flexibility index (Phi) is 10.4. The molecule has 0 aromatic carbocycles. The maximum Gasteiger partial charge on any atom is 0.305 e. The predicted molar refractivity (Wildman–Crippen MR) is 78.3 cm³/mol. The second-order valence-electron chi connectivity index (χ2n) is 5.76. The van der Waals surface area contributed by atoms with E-state index >= 15 is 0 Å². The number of ether oxygens (including phenoxy) is 1. The highest BCUT2D eigenvalue weighted by Crippen LogP contribution is 2.10. The third-order valence-corrected chi connectivity index (χ3v) is 3.86. The smallest absolute Gasteiger partial charge is 0.305 e. The zero-order valence-corrected chi connectivity index (χ0v) is 13.6. The van der Waals surface area contributed by atoms with Crippen molar-refractivity contribution in [2.75, 3.05) is 13.7 Å². The van der Waals surface area contributed by atoms with E-state index < -0.39 is 8.32 Å². The van der Waals surface area contributed by atoms with Crippen LogP contribution in [0.1, 0.15) is 51.4 Å². The van der Waals surface area contributed by atoms with Gasteiger partial charge in [-0.2, -0.15) is 0 Å². The fourth-order valence-corrected chi connectivity index (χ4v) is 2.49. The number of unbranched alkanes of at least 4 members (excludes halogenated alkanes) is 6. The highest BCUT2D eigenvalue weighted by molar-refractivity contribution is 6.69. The number of hydrogen-bond acceptors (Lipinski definition) is 3. The zero-order chi connectivity index (χ0) is 13.9. The van der Waals surface area contributed by atoms with Crippen molar-refractivity contribution in [2.24, 2.45) is 0 Å². The van der Waals surface area contributed by atoms with Gasteiger partial charge in [0, 0.05) is 13.0 Å². The lowest BCUT2D eigenvalue weighted by molar-refractivity contribution is -0.140. The summed E-state index contributed by atoms with van der Waals surface area (Å²) in [6, 6.07) is 0. The van der Waals surface area contributed by atoms with Crippen molar-refractivity contribution >= 4 is 14.3 Å². The van der Waals surface area contributed by atoms with Gasteiger partial charge in [0.15, 0.2) is 8.32 Å². The molecule has 0 aromatic heterocycles. The van der Waals surface area contributed by atoms with E-state index in [-0.39, 0.29) is 5.97 Å². The van der Waals surface area contributed by atoms with Crippen molar-refractivity contribution in [3.05, 3.63) is 0 Å². The Morgan fingerprint density at radius 2 is 1.39 bits per heavy atom. The minimum atomic E-state index is -1.30. The highest BCUT2D eigenvalue weighted by Gasteiger charge is 2.12. The summed E-state index contributed by atoms with van der Waals surface area (Å²) in [4.78, 5) is 10.9. The molecule has 0 rings (SSSR count). The largest absolute Gasteiger partial charge is 0.469 e. The number of rotatable bonds is 11. The molecule has 108 valence electrons. The lowest BCUT2D eigenvalue weighted by Gasteiger charge is -2.16. The van der Waals surface area contributed by atoms with Crippen LogP contribution < -0.4 is 0 Å². The summed E-state index contributed by atoms with van der Waals surface area (Å²) >= 11 is 0. The van der Waals surface area contributed by atoms with Crippen molar-refractivity contribution in [2.45, 2.75) is 71.0 Å². The van der Waals surface area contributed by atoms with Gasteiger partial charge in [-0.1, -0.05) is 32.1 Å². The molecule has 0 amide bonds. The fourth-order valence-electron chi connectivity index (χ4n) is 1.74. The predicted octanol–water partition coefficient (Wildman–Crippen LogP) is 4.13. The Morgan fingerprint density at radius 3 is 1.89 bits per heavy atom. The van der Waals surface area contributed by atoms with Crippen molar-refractivity contribution < 1.29 is 14.0 Å². The lowest BCUT2D eigenvalue weighted by Crippen LogP contribution is -2.25. The summed E-state index contributed by atoms with van der Waals surface area (Å²) in [5.41, 5.74) is 0. The normalized spacial score (nSPS) is 11.6. The van der Waals surface area contributed by atoms with Crippen molar-refractivity contribution in [3.63, 3.8) is 0 Å². The van der Waals surface area contributed by atoms with Crippen LogP contribution >= 0.6 is 0 Å². The van der Waals surface area contributed by atoms with Crippen molar-refractivity contribution in [1.82, 2.24) is 0 Å². The van der Waals surface area contributed by atoms with Crippen LogP contribution in [-0.2, 0) is 14.0 Å². The second kappa shape index (κ2) is 10.6. The molecule has 18 heavy (non-hydrogen) atoms. The SMILES string of the molecule is COC(=O)CCCCCCCCCO[Si](C)(C)C. The average molecular weight is 274 g/mol. The monoisotopic (exact) mass is 274 g/mol. The molecule has 0 atom stereocenters. The molecule has 0 radical (unpaired) electrons. The minimum absolute atomic E-state index is 0.0847. The molecule has 0 unspecified atom stereocenters. The molecular formula is C14H30O3Si. The molecule has 0 aliphatic heterocycles. The molecule has 0 N–H and O–H groups in total. The van der Waals surface area contributed by atoms with Gasteiger partial charge < -0.3 is 9.16 Å². The lowest BCUT2D eigenvalue weighted by atomic mass is 10.1. The Labute approximate surface area is 113 Å². The van der Waals surface area contributed by atoms with Gasteiger partial charge in [-0.25, -0.2) is 0 Å². The van der Waals surface area contributed by atoms with E-state index in [4.69, 9.17) is 4.43 Å². The van der Waals surface area contributed by atoms with Gasteiger partial charge in [0.25, 0.3) is 0 Å². The van der Waals surface area contributed by atoms with Crippen LogP contribution in [0.15, 0.2) is 0 Å². The van der Waals surface area contributed by atoms with Crippen LogP contribution in [0.2, 0.25) is 19.6 Å². The fraction of sp³-hybridized carbons (Fsp3) is 0.929. The number of methoxy groups -OCH3 is 1. The molecule has 3 nitrogen and oxygen atoms in total. The highest BCUT2D eigenvalue weighted by atomic mass is 28.4. The summed E-state index contributed by atoms with van der Waals surface area (Å²) < 4.78 is 10.4. The Bertz CT molecular complexity index is 212. The minimum Gasteiger partial charge on any atom is -0.469 e. The first kappa shape index (κ1) is 17.6. The van der Waals surface area contributed by atoms with E-state index in [1.54, 1.807) is 0 Å². The molecular weight excluding hydrogens is 244 g/mol. The quantitative estimate of drug-likeness (QED) is 0.323. The first-order valence-corrected chi connectivity index (χ1v) is 10.6. The third-order valence-electron chi connectivity index (χ3n) is 2.79. The van der Waals surface area contributed by atoms with Gasteiger partial charge in [-0.05, 0) is 32.5 Å². The van der Waals surface area contributed by atoms with E-state index in [9.17, 15) is 4.79 Å². The maximum atomic E-state index is 10.9. The Morgan fingerprint density at radius 1 is 0.889 bits per heavy atom. The molecule has 0 heterocycles. The van der Waals surface area contributed by atoms with Gasteiger partial charge in [0.1, 0.15) is 0 Å². The van der Waals surface area contributed by atoms with Crippen LogP contribution in [0.4, 0.5) is 0 Å². The number of carbonyl (C=O) groups excluding carboxylic acids is 1. The summed E-state index contributed by atoms with van der Waals surface area (Å²) in [7, 11) is 0.148. The van der Waals surface area contributed by atoms with Crippen LogP contribution in [-0.4, -0.2) is 28.0 Å². The summed E-state index contributed by atoms with van der Waals surface area (Å²) in [5, 5.41) is 0. The zero-order valence-electron chi connectivity index (χ0n) is 12.6. The average Bonchev–Trinajstić information content (AvgIpc) is 2.29. The molecule has 0 spiro atoms. The van der Waals surface area contributed by atoms with Gasteiger partial charge in [-0.3, -0.25) is 4.79 Å². The standard InChI is InChI=1S/C14H30O3Si/c1-16-14(15)12-10-8-6-5-7-9-11-13-17-18(2,3)4/h5-13H2,1-4H3. The topological polar surface area (TPSA) is 35.5 Å². The molecule has 0 aliphatic rings. The molecule has 0 fully saturated rings. The summed E-state index contributed by atoms with van der Waals surface area (Å²) in [6.07, 6.45) is 8.91.